The number of hydrogen-bond donors (Lipinski definition) is 0. The first-order valence-electron chi connectivity index (χ1n) is 5.65. The Morgan fingerprint density at radius 1 is 1.39 bits per heavy atom. The summed E-state index contributed by atoms with van der Waals surface area (Å²) in [7, 11) is 0. The van der Waals surface area contributed by atoms with E-state index in [9.17, 15) is 4.79 Å². The van der Waals surface area contributed by atoms with Crippen LogP contribution in [0.25, 0.3) is 0 Å². The molecule has 0 saturated heterocycles. The molecule has 1 aromatic carbocycles. The van der Waals surface area contributed by atoms with Crippen molar-refractivity contribution < 1.29 is 9.53 Å². The zero-order valence-electron chi connectivity index (χ0n) is 11.2. The molecular formula is C14H18BrNO2. The van der Waals surface area contributed by atoms with Crippen molar-refractivity contribution in [2.45, 2.75) is 27.7 Å². The standard InChI is InChI=1S/C12H15BrO2.C2H3N/c1-4-15-10-5-8(2)12(9(3)6-10)11(14)7-13;1-2-3/h5-6H,4,7H2,1-3H3;1H3. The summed E-state index contributed by atoms with van der Waals surface area (Å²) in [5.41, 5.74) is 2.75. The van der Waals surface area contributed by atoms with Crippen LogP contribution in [0.4, 0.5) is 0 Å². The zero-order valence-corrected chi connectivity index (χ0v) is 12.8. The van der Waals surface area contributed by atoms with Gasteiger partial charge >= 0.3 is 0 Å². The third-order valence-corrected chi connectivity index (χ3v) is 2.73. The van der Waals surface area contributed by atoms with Gasteiger partial charge in [-0.25, -0.2) is 0 Å². The van der Waals surface area contributed by atoms with Crippen LogP contribution < -0.4 is 4.74 Å². The Morgan fingerprint density at radius 3 is 2.17 bits per heavy atom. The van der Waals surface area contributed by atoms with Crippen LogP contribution in [0.2, 0.25) is 0 Å². The topological polar surface area (TPSA) is 50.1 Å². The maximum atomic E-state index is 11.6. The van der Waals surface area contributed by atoms with Gasteiger partial charge in [0.2, 0.25) is 0 Å². The molecule has 0 N–H and O–H groups in total. The molecule has 0 aliphatic carbocycles. The maximum absolute atomic E-state index is 11.6. The predicted molar refractivity (Wildman–Crippen MR) is 76.5 cm³/mol. The first kappa shape index (κ1) is 16.7. The fourth-order valence-electron chi connectivity index (χ4n) is 1.68. The Labute approximate surface area is 117 Å². The van der Waals surface area contributed by atoms with E-state index in [4.69, 9.17) is 10.00 Å². The number of benzene rings is 1. The molecule has 0 heterocycles. The van der Waals surface area contributed by atoms with Crippen LogP contribution in [0.1, 0.15) is 35.3 Å². The van der Waals surface area contributed by atoms with Gasteiger partial charge < -0.3 is 4.74 Å². The number of rotatable bonds is 4. The smallest absolute Gasteiger partial charge is 0.173 e. The molecule has 1 aromatic rings. The highest BCUT2D eigenvalue weighted by molar-refractivity contribution is 9.09. The minimum Gasteiger partial charge on any atom is -0.494 e. The van der Waals surface area contributed by atoms with Crippen molar-refractivity contribution in [1.29, 1.82) is 5.26 Å². The highest BCUT2D eigenvalue weighted by Gasteiger charge is 2.12. The number of Topliss-reactive ketones (excluding diaryl/α,β-unsaturated/α-hetero) is 1. The van der Waals surface area contributed by atoms with Gasteiger partial charge in [-0.1, -0.05) is 15.9 Å². The van der Waals surface area contributed by atoms with E-state index in [1.807, 2.05) is 32.9 Å². The van der Waals surface area contributed by atoms with Crippen molar-refractivity contribution in [2.75, 3.05) is 11.9 Å². The van der Waals surface area contributed by atoms with E-state index in [0.29, 0.717) is 11.9 Å². The lowest BCUT2D eigenvalue weighted by Gasteiger charge is -2.11. The summed E-state index contributed by atoms with van der Waals surface area (Å²) in [6.45, 7) is 7.89. The lowest BCUT2D eigenvalue weighted by atomic mass is 9.99. The maximum Gasteiger partial charge on any atom is 0.173 e. The molecule has 3 nitrogen and oxygen atoms in total. The van der Waals surface area contributed by atoms with Crippen molar-refractivity contribution in [3.8, 4) is 11.8 Å². The lowest BCUT2D eigenvalue weighted by molar-refractivity contribution is 0.102. The first-order chi connectivity index (χ1) is 8.51. The average molecular weight is 312 g/mol. The average Bonchev–Trinajstić information content (AvgIpc) is 2.29. The molecule has 0 aliphatic rings. The quantitative estimate of drug-likeness (QED) is 0.627. The minimum absolute atomic E-state index is 0.119. The number of nitriles is 1. The molecule has 0 saturated carbocycles. The van der Waals surface area contributed by atoms with Gasteiger partial charge in [0.25, 0.3) is 0 Å². The van der Waals surface area contributed by atoms with Crippen molar-refractivity contribution in [3.63, 3.8) is 0 Å². The van der Waals surface area contributed by atoms with E-state index in [2.05, 4.69) is 15.9 Å². The van der Waals surface area contributed by atoms with E-state index in [-0.39, 0.29) is 5.78 Å². The van der Waals surface area contributed by atoms with Crippen LogP contribution in [0.15, 0.2) is 12.1 Å². The Hall–Kier alpha value is -1.34. The Kier molecular flexibility index (Phi) is 8.06. The Balaban J connectivity index is 0.000000873. The molecule has 1 rings (SSSR count). The number of halogens is 1. The molecule has 0 amide bonds. The molecule has 98 valence electrons. The van der Waals surface area contributed by atoms with E-state index >= 15 is 0 Å². The third kappa shape index (κ3) is 4.89. The van der Waals surface area contributed by atoms with Gasteiger partial charge in [0.05, 0.1) is 18.0 Å². The molecule has 0 aromatic heterocycles. The molecule has 0 radical (unpaired) electrons. The van der Waals surface area contributed by atoms with Crippen LogP contribution in [0.5, 0.6) is 5.75 Å². The SMILES string of the molecule is CC#N.CCOc1cc(C)c(C(=O)CBr)c(C)c1. The summed E-state index contributed by atoms with van der Waals surface area (Å²) in [5.74, 6) is 0.951. The van der Waals surface area contributed by atoms with Crippen molar-refractivity contribution >= 4 is 21.7 Å². The molecule has 0 unspecified atom stereocenters. The molecule has 0 bridgehead atoms. The first-order valence-corrected chi connectivity index (χ1v) is 6.77. The molecular weight excluding hydrogens is 294 g/mol. The van der Waals surface area contributed by atoms with E-state index in [0.717, 1.165) is 22.4 Å². The highest BCUT2D eigenvalue weighted by Crippen LogP contribution is 2.22. The summed E-state index contributed by atoms with van der Waals surface area (Å²) in [6, 6.07) is 5.57. The van der Waals surface area contributed by atoms with Crippen molar-refractivity contribution in [3.05, 3.63) is 28.8 Å². The normalized spacial score (nSPS) is 8.89. The molecule has 18 heavy (non-hydrogen) atoms. The monoisotopic (exact) mass is 311 g/mol. The number of ether oxygens (including phenoxy) is 1. The summed E-state index contributed by atoms with van der Waals surface area (Å²) >= 11 is 3.19. The molecule has 0 fully saturated rings. The van der Waals surface area contributed by atoms with Crippen molar-refractivity contribution in [1.82, 2.24) is 0 Å². The van der Waals surface area contributed by atoms with E-state index in [1.54, 1.807) is 6.07 Å². The fraction of sp³-hybridized carbons (Fsp3) is 0.429. The Bertz CT molecular complexity index is 427. The largest absolute Gasteiger partial charge is 0.494 e. The third-order valence-electron chi connectivity index (χ3n) is 2.22. The summed E-state index contributed by atoms with van der Waals surface area (Å²) < 4.78 is 5.41. The van der Waals surface area contributed by atoms with Crippen LogP contribution in [-0.4, -0.2) is 17.7 Å². The van der Waals surface area contributed by atoms with E-state index < -0.39 is 0 Å². The second-order valence-corrected chi connectivity index (χ2v) is 4.21. The lowest BCUT2D eigenvalue weighted by Crippen LogP contribution is -2.06. The molecule has 0 aliphatic heterocycles. The number of hydrogen-bond acceptors (Lipinski definition) is 3. The van der Waals surface area contributed by atoms with Gasteiger partial charge in [-0.2, -0.15) is 5.26 Å². The second kappa shape index (κ2) is 8.71. The van der Waals surface area contributed by atoms with Crippen LogP contribution >= 0.6 is 15.9 Å². The fourth-order valence-corrected chi connectivity index (χ4v) is 1.96. The van der Waals surface area contributed by atoms with Gasteiger partial charge in [0.1, 0.15) is 5.75 Å². The highest BCUT2D eigenvalue weighted by atomic mass is 79.9. The minimum atomic E-state index is 0.119. The molecule has 0 spiro atoms. The number of nitrogens with zero attached hydrogens (tertiary/aromatic N) is 1. The van der Waals surface area contributed by atoms with Crippen molar-refractivity contribution in [2.24, 2.45) is 0 Å². The zero-order chi connectivity index (χ0) is 14.1. The van der Waals surface area contributed by atoms with Crippen LogP contribution in [0, 0.1) is 25.2 Å². The van der Waals surface area contributed by atoms with E-state index in [1.165, 1.54) is 6.92 Å². The number of aryl methyl sites for hydroxylation is 2. The number of alkyl halides is 1. The van der Waals surface area contributed by atoms with Crippen LogP contribution in [0.3, 0.4) is 0 Å². The van der Waals surface area contributed by atoms with Gasteiger partial charge in [0.15, 0.2) is 5.78 Å². The molecule has 0 atom stereocenters. The van der Waals surface area contributed by atoms with Crippen LogP contribution in [-0.2, 0) is 0 Å². The summed E-state index contributed by atoms with van der Waals surface area (Å²) in [4.78, 5) is 11.6. The predicted octanol–water partition coefficient (Wildman–Crippen LogP) is 3.81. The summed E-state index contributed by atoms with van der Waals surface area (Å²) in [6.07, 6.45) is 0. The second-order valence-electron chi connectivity index (χ2n) is 3.65. The molecule has 4 heteroatoms. The number of carbonyl (C=O) groups is 1. The van der Waals surface area contributed by atoms with Gasteiger partial charge in [-0.3, -0.25) is 4.79 Å². The number of ketones is 1. The number of carbonyl (C=O) groups excluding carboxylic acids is 1. The van der Waals surface area contributed by atoms with Gasteiger partial charge in [-0.15, -0.1) is 0 Å². The van der Waals surface area contributed by atoms with Gasteiger partial charge in [-0.05, 0) is 44.0 Å². The Morgan fingerprint density at radius 2 is 1.83 bits per heavy atom. The summed E-state index contributed by atoms with van der Waals surface area (Å²) in [5, 5.41) is 7.68. The van der Waals surface area contributed by atoms with Gasteiger partial charge in [0, 0.05) is 12.5 Å².